The van der Waals surface area contributed by atoms with Gasteiger partial charge in [-0.1, -0.05) is 35.9 Å². The molecule has 1 N–H and O–H groups in total. The van der Waals surface area contributed by atoms with Crippen LogP contribution in [0.3, 0.4) is 0 Å². The van der Waals surface area contributed by atoms with E-state index < -0.39 is 0 Å². The van der Waals surface area contributed by atoms with Gasteiger partial charge in [-0.25, -0.2) is 0 Å². The lowest BCUT2D eigenvalue weighted by molar-refractivity contribution is 0.313. The van der Waals surface area contributed by atoms with E-state index in [0.717, 1.165) is 29.4 Å². The lowest BCUT2D eigenvalue weighted by Gasteiger charge is -2.09. The van der Waals surface area contributed by atoms with Gasteiger partial charge in [-0.3, -0.25) is 0 Å². The Balaban J connectivity index is 1.70. The van der Waals surface area contributed by atoms with E-state index in [4.69, 9.17) is 16.3 Å². The molecule has 0 aromatic heterocycles. The highest BCUT2D eigenvalue weighted by atomic mass is 35.5. The Hall–Kier alpha value is -1.51. The number of ether oxygens (including phenoxy) is 1. The van der Waals surface area contributed by atoms with Crippen molar-refractivity contribution < 1.29 is 4.74 Å². The topological polar surface area (TPSA) is 21.3 Å². The van der Waals surface area contributed by atoms with Crippen LogP contribution in [0.5, 0.6) is 5.75 Å². The summed E-state index contributed by atoms with van der Waals surface area (Å²) in [7, 11) is 0. The minimum Gasteiger partial charge on any atom is -0.492 e. The summed E-state index contributed by atoms with van der Waals surface area (Å²) in [4.78, 5) is 0. The summed E-state index contributed by atoms with van der Waals surface area (Å²) in [5.41, 5.74) is 3.51. The zero-order valence-corrected chi connectivity index (χ0v) is 12.7. The Morgan fingerprint density at radius 2 is 1.95 bits per heavy atom. The average molecular weight is 290 g/mol. The van der Waals surface area contributed by atoms with Crippen LogP contribution in [0.25, 0.3) is 0 Å². The molecule has 2 nitrogen and oxygen atoms in total. The molecule has 0 amide bonds. The Labute approximate surface area is 125 Å². The van der Waals surface area contributed by atoms with E-state index >= 15 is 0 Å². The second kappa shape index (κ2) is 7.32. The van der Waals surface area contributed by atoms with Gasteiger partial charge in [-0.05, 0) is 48.7 Å². The van der Waals surface area contributed by atoms with Crippen LogP contribution in [0.4, 0.5) is 0 Å². The summed E-state index contributed by atoms with van der Waals surface area (Å²) < 4.78 is 5.68. The Bertz CT molecular complexity index is 569. The van der Waals surface area contributed by atoms with Gasteiger partial charge in [0.05, 0.1) is 0 Å². The first-order valence-corrected chi connectivity index (χ1v) is 7.18. The number of rotatable bonds is 6. The molecule has 20 heavy (non-hydrogen) atoms. The first-order valence-electron chi connectivity index (χ1n) is 6.80. The molecule has 0 saturated heterocycles. The third kappa shape index (κ3) is 4.55. The Morgan fingerprint density at radius 3 is 2.70 bits per heavy atom. The fourth-order valence-electron chi connectivity index (χ4n) is 1.93. The molecule has 0 heterocycles. The first-order chi connectivity index (χ1) is 9.65. The van der Waals surface area contributed by atoms with Crippen LogP contribution in [0, 0.1) is 13.8 Å². The second-order valence-electron chi connectivity index (χ2n) is 4.93. The molecule has 0 spiro atoms. The van der Waals surface area contributed by atoms with Crippen LogP contribution < -0.4 is 10.1 Å². The molecular formula is C17H20ClNO. The van der Waals surface area contributed by atoms with Crippen molar-refractivity contribution >= 4 is 11.6 Å². The van der Waals surface area contributed by atoms with E-state index in [1.165, 1.54) is 11.1 Å². The third-order valence-corrected chi connectivity index (χ3v) is 3.51. The number of nitrogens with one attached hydrogen (secondary N) is 1. The van der Waals surface area contributed by atoms with Gasteiger partial charge >= 0.3 is 0 Å². The minimum absolute atomic E-state index is 0.656. The number of aryl methyl sites for hydroxylation is 2. The molecule has 0 radical (unpaired) electrons. The number of halogens is 1. The monoisotopic (exact) mass is 289 g/mol. The first kappa shape index (κ1) is 14.9. The van der Waals surface area contributed by atoms with E-state index in [1.54, 1.807) is 0 Å². The van der Waals surface area contributed by atoms with E-state index in [-0.39, 0.29) is 0 Å². The maximum Gasteiger partial charge on any atom is 0.119 e. The van der Waals surface area contributed by atoms with Crippen molar-refractivity contribution in [2.75, 3.05) is 13.2 Å². The third-order valence-electron chi connectivity index (χ3n) is 3.10. The predicted molar refractivity (Wildman–Crippen MR) is 84.6 cm³/mol. The standard InChI is InChI=1S/C17H20ClNO/c1-13-4-3-5-16(10-13)20-9-8-19-12-15-7-6-14(2)17(18)11-15/h3-7,10-11,19H,8-9,12H2,1-2H3. The fourth-order valence-corrected chi connectivity index (χ4v) is 2.13. The van der Waals surface area contributed by atoms with Crippen molar-refractivity contribution in [3.63, 3.8) is 0 Å². The summed E-state index contributed by atoms with van der Waals surface area (Å²) in [5.74, 6) is 0.921. The van der Waals surface area contributed by atoms with Gasteiger partial charge in [0.1, 0.15) is 12.4 Å². The van der Waals surface area contributed by atoms with Crippen LogP contribution in [0.1, 0.15) is 16.7 Å². The highest BCUT2D eigenvalue weighted by Crippen LogP contribution is 2.16. The lowest BCUT2D eigenvalue weighted by Crippen LogP contribution is -2.20. The van der Waals surface area contributed by atoms with Gasteiger partial charge in [0.15, 0.2) is 0 Å². The maximum absolute atomic E-state index is 6.10. The number of hydrogen-bond acceptors (Lipinski definition) is 2. The molecule has 0 saturated carbocycles. The quantitative estimate of drug-likeness (QED) is 0.808. The summed E-state index contributed by atoms with van der Waals surface area (Å²) in [6.07, 6.45) is 0. The SMILES string of the molecule is Cc1cccc(OCCNCc2ccc(C)c(Cl)c2)c1. The van der Waals surface area contributed by atoms with E-state index in [1.807, 2.05) is 37.3 Å². The summed E-state index contributed by atoms with van der Waals surface area (Å²) in [5, 5.41) is 4.17. The highest BCUT2D eigenvalue weighted by Gasteiger charge is 1.98. The molecule has 2 aromatic rings. The molecule has 0 aliphatic heterocycles. The number of benzene rings is 2. The highest BCUT2D eigenvalue weighted by molar-refractivity contribution is 6.31. The largest absolute Gasteiger partial charge is 0.492 e. The summed E-state index contributed by atoms with van der Waals surface area (Å²) >= 11 is 6.10. The zero-order valence-electron chi connectivity index (χ0n) is 11.9. The molecule has 0 fully saturated rings. The summed E-state index contributed by atoms with van der Waals surface area (Å²) in [6, 6.07) is 14.2. The van der Waals surface area contributed by atoms with E-state index in [2.05, 4.69) is 24.4 Å². The number of hydrogen-bond donors (Lipinski definition) is 1. The smallest absolute Gasteiger partial charge is 0.119 e. The minimum atomic E-state index is 0.656. The predicted octanol–water partition coefficient (Wildman–Crippen LogP) is 4.13. The van der Waals surface area contributed by atoms with Crippen molar-refractivity contribution in [1.29, 1.82) is 0 Å². The van der Waals surface area contributed by atoms with Crippen molar-refractivity contribution in [3.8, 4) is 5.75 Å². The normalized spacial score (nSPS) is 10.6. The molecule has 0 atom stereocenters. The van der Waals surface area contributed by atoms with E-state index in [9.17, 15) is 0 Å². The zero-order chi connectivity index (χ0) is 14.4. The average Bonchev–Trinajstić information content (AvgIpc) is 2.42. The molecule has 0 aliphatic rings. The molecule has 0 aliphatic carbocycles. The maximum atomic E-state index is 6.10. The van der Waals surface area contributed by atoms with Crippen molar-refractivity contribution in [1.82, 2.24) is 5.32 Å². The van der Waals surface area contributed by atoms with Crippen LogP contribution in [-0.4, -0.2) is 13.2 Å². The van der Waals surface area contributed by atoms with Crippen LogP contribution in [-0.2, 0) is 6.54 Å². The molecule has 2 rings (SSSR count). The molecule has 106 valence electrons. The Morgan fingerprint density at radius 1 is 1.10 bits per heavy atom. The van der Waals surface area contributed by atoms with Gasteiger partial charge in [-0.15, -0.1) is 0 Å². The van der Waals surface area contributed by atoms with Gasteiger partial charge in [-0.2, -0.15) is 0 Å². The van der Waals surface area contributed by atoms with Gasteiger partial charge in [0.2, 0.25) is 0 Å². The molecule has 0 bridgehead atoms. The van der Waals surface area contributed by atoms with Crippen molar-refractivity contribution in [2.45, 2.75) is 20.4 Å². The van der Waals surface area contributed by atoms with Crippen LogP contribution in [0.2, 0.25) is 5.02 Å². The van der Waals surface area contributed by atoms with E-state index in [0.29, 0.717) is 6.61 Å². The fraction of sp³-hybridized carbons (Fsp3) is 0.294. The van der Waals surface area contributed by atoms with Gasteiger partial charge in [0, 0.05) is 18.1 Å². The lowest BCUT2D eigenvalue weighted by atomic mass is 10.1. The van der Waals surface area contributed by atoms with Crippen molar-refractivity contribution in [2.24, 2.45) is 0 Å². The molecular weight excluding hydrogens is 270 g/mol. The second-order valence-corrected chi connectivity index (χ2v) is 5.33. The summed E-state index contributed by atoms with van der Waals surface area (Å²) in [6.45, 7) is 6.33. The van der Waals surface area contributed by atoms with Crippen LogP contribution >= 0.6 is 11.6 Å². The molecule has 3 heteroatoms. The Kier molecular flexibility index (Phi) is 5.45. The van der Waals surface area contributed by atoms with Gasteiger partial charge < -0.3 is 10.1 Å². The van der Waals surface area contributed by atoms with Crippen molar-refractivity contribution in [3.05, 3.63) is 64.2 Å². The van der Waals surface area contributed by atoms with Gasteiger partial charge in [0.25, 0.3) is 0 Å². The molecule has 2 aromatic carbocycles. The van der Waals surface area contributed by atoms with Crippen LogP contribution in [0.15, 0.2) is 42.5 Å². The molecule has 0 unspecified atom stereocenters.